The van der Waals surface area contributed by atoms with E-state index in [1.165, 1.54) is 22.3 Å². The molecule has 2 nitrogen and oxygen atoms in total. The Kier molecular flexibility index (Phi) is 15.0. The highest BCUT2D eigenvalue weighted by molar-refractivity contribution is 5.68. The fraction of sp³-hybridized carbons (Fsp3) is 0.174. The zero-order valence-corrected chi connectivity index (χ0v) is 29.4. The fourth-order valence-corrected chi connectivity index (χ4v) is 4.85. The number of allylic oxidation sites excluding steroid dienone is 7. The van der Waals surface area contributed by atoms with Gasteiger partial charge in [0.2, 0.25) is 0 Å². The third-order valence-electron chi connectivity index (χ3n) is 7.75. The molecule has 4 aromatic rings. The maximum absolute atomic E-state index is 5.99. The highest BCUT2D eigenvalue weighted by Crippen LogP contribution is 2.27. The minimum Gasteiger partial charge on any atom is -0.465 e. The maximum atomic E-state index is 5.99. The van der Waals surface area contributed by atoms with Crippen molar-refractivity contribution in [3.8, 4) is 5.75 Å². The molecule has 0 fully saturated rings. The van der Waals surface area contributed by atoms with Crippen LogP contribution in [0.5, 0.6) is 5.75 Å². The Labute approximate surface area is 289 Å². The molecule has 0 amide bonds. The van der Waals surface area contributed by atoms with Crippen LogP contribution in [0.2, 0.25) is 0 Å². The summed E-state index contributed by atoms with van der Waals surface area (Å²) in [7, 11) is 0. The number of benzene rings is 4. The molecular weight excluding hydrogens is 585 g/mol. The Bertz CT molecular complexity index is 1740. The standard InChI is InChI=1S/C44H44O2.C2H6/c1-8-10-11-38(30-33(4)41-24-26-44(27-25-41)46-36(7)43-18-12-32(3)13-19-43)28-29-45-35(6)42-22-16-39(17-23-42)31-34(5)40-20-14-37(9-2)15-21-40;1-2/h8,10-29H,4-7,9,30-31H2,1-3H3;1-2H3/b10-8-,29-28+,38-11+;. The lowest BCUT2D eigenvalue weighted by Crippen LogP contribution is -1.94. The van der Waals surface area contributed by atoms with Crippen LogP contribution in [0.25, 0.3) is 22.7 Å². The lowest BCUT2D eigenvalue weighted by atomic mass is 9.97. The maximum Gasteiger partial charge on any atom is 0.127 e. The Hall–Kier alpha value is -5.34. The van der Waals surface area contributed by atoms with Gasteiger partial charge in [0, 0.05) is 11.1 Å². The monoisotopic (exact) mass is 634 g/mol. The van der Waals surface area contributed by atoms with E-state index in [1.54, 1.807) is 6.26 Å². The first-order valence-corrected chi connectivity index (χ1v) is 16.7. The second kappa shape index (κ2) is 19.4. The van der Waals surface area contributed by atoms with Crippen molar-refractivity contribution in [1.29, 1.82) is 0 Å². The van der Waals surface area contributed by atoms with Crippen LogP contribution in [0.4, 0.5) is 0 Å². The van der Waals surface area contributed by atoms with Crippen LogP contribution < -0.4 is 4.74 Å². The molecular formula is C46H50O2. The molecule has 0 atom stereocenters. The Balaban J connectivity index is 0.00000307. The van der Waals surface area contributed by atoms with Gasteiger partial charge in [-0.2, -0.15) is 0 Å². The van der Waals surface area contributed by atoms with Crippen LogP contribution in [0.15, 0.2) is 160 Å². The summed E-state index contributed by atoms with van der Waals surface area (Å²) < 4.78 is 11.9. The molecule has 0 spiro atoms. The minimum absolute atomic E-state index is 0.587. The summed E-state index contributed by atoms with van der Waals surface area (Å²) in [5.74, 6) is 1.94. The SMILES string of the molecule is C=C(CC(=C/C=C\C)/C=C/OC(=C)c1ccc(CC(=C)c2ccc(CC)cc2)cc1)c1ccc(OC(=C)c2ccc(C)cc2)cc1.CC. The van der Waals surface area contributed by atoms with Gasteiger partial charge in [-0.05, 0) is 90.3 Å². The van der Waals surface area contributed by atoms with E-state index < -0.39 is 0 Å². The third kappa shape index (κ3) is 11.5. The number of aryl methyl sites for hydroxylation is 2. The smallest absolute Gasteiger partial charge is 0.127 e. The van der Waals surface area contributed by atoms with Gasteiger partial charge in [-0.25, -0.2) is 0 Å². The first-order valence-electron chi connectivity index (χ1n) is 16.7. The molecule has 0 aromatic heterocycles. The second-order valence-corrected chi connectivity index (χ2v) is 11.3. The van der Waals surface area contributed by atoms with Gasteiger partial charge in [-0.1, -0.05) is 156 Å². The Morgan fingerprint density at radius 1 is 0.646 bits per heavy atom. The molecule has 0 aliphatic carbocycles. The van der Waals surface area contributed by atoms with Crippen molar-refractivity contribution in [2.24, 2.45) is 0 Å². The van der Waals surface area contributed by atoms with Crippen molar-refractivity contribution in [2.45, 2.75) is 53.9 Å². The summed E-state index contributed by atoms with van der Waals surface area (Å²) in [6.07, 6.45) is 12.2. The molecule has 0 aliphatic rings. The van der Waals surface area contributed by atoms with E-state index in [0.717, 1.165) is 52.0 Å². The summed E-state index contributed by atoms with van der Waals surface area (Å²) in [4.78, 5) is 0. The van der Waals surface area contributed by atoms with Crippen LogP contribution in [-0.2, 0) is 17.6 Å². The van der Waals surface area contributed by atoms with Crippen LogP contribution in [0.3, 0.4) is 0 Å². The molecule has 0 N–H and O–H groups in total. The molecule has 0 saturated carbocycles. The van der Waals surface area contributed by atoms with Crippen LogP contribution in [0.1, 0.15) is 73.1 Å². The zero-order chi connectivity index (χ0) is 34.9. The second-order valence-electron chi connectivity index (χ2n) is 11.3. The Morgan fingerprint density at radius 2 is 1.17 bits per heavy atom. The van der Waals surface area contributed by atoms with E-state index >= 15 is 0 Å². The van der Waals surface area contributed by atoms with E-state index in [4.69, 9.17) is 9.47 Å². The molecule has 4 rings (SSSR count). The molecule has 2 heteroatoms. The van der Waals surface area contributed by atoms with E-state index in [-0.39, 0.29) is 0 Å². The van der Waals surface area contributed by atoms with Gasteiger partial charge >= 0.3 is 0 Å². The van der Waals surface area contributed by atoms with Gasteiger partial charge in [-0.15, -0.1) is 0 Å². The van der Waals surface area contributed by atoms with Crippen molar-refractivity contribution in [1.82, 2.24) is 0 Å². The van der Waals surface area contributed by atoms with Crippen molar-refractivity contribution in [3.63, 3.8) is 0 Å². The molecule has 0 saturated heterocycles. The molecule has 246 valence electrons. The minimum atomic E-state index is 0.587. The quantitative estimate of drug-likeness (QED) is 0.0957. The number of ether oxygens (including phenoxy) is 2. The summed E-state index contributed by atoms with van der Waals surface area (Å²) >= 11 is 0. The highest BCUT2D eigenvalue weighted by atomic mass is 16.5. The van der Waals surface area contributed by atoms with Crippen molar-refractivity contribution in [3.05, 3.63) is 198 Å². The van der Waals surface area contributed by atoms with E-state index in [1.807, 2.05) is 87.5 Å². The van der Waals surface area contributed by atoms with Gasteiger partial charge in [0.25, 0.3) is 0 Å². The molecule has 4 aromatic carbocycles. The normalized spacial score (nSPS) is 11.1. The fourth-order valence-electron chi connectivity index (χ4n) is 4.85. The van der Waals surface area contributed by atoms with Gasteiger partial charge in [0.1, 0.15) is 17.3 Å². The van der Waals surface area contributed by atoms with Gasteiger partial charge in [0.15, 0.2) is 0 Å². The van der Waals surface area contributed by atoms with Crippen molar-refractivity contribution >= 4 is 22.7 Å². The highest BCUT2D eigenvalue weighted by Gasteiger charge is 2.07. The van der Waals surface area contributed by atoms with Crippen LogP contribution in [0, 0.1) is 6.92 Å². The summed E-state index contributed by atoms with van der Waals surface area (Å²) in [5, 5.41) is 0. The summed E-state index contributed by atoms with van der Waals surface area (Å²) in [6, 6.07) is 33.0. The molecule has 0 heterocycles. The largest absolute Gasteiger partial charge is 0.465 e. The van der Waals surface area contributed by atoms with Gasteiger partial charge in [-0.3, -0.25) is 0 Å². The number of rotatable bonds is 15. The van der Waals surface area contributed by atoms with Crippen LogP contribution in [-0.4, -0.2) is 0 Å². The van der Waals surface area contributed by atoms with E-state index in [0.29, 0.717) is 17.9 Å². The topological polar surface area (TPSA) is 18.5 Å². The molecule has 0 unspecified atom stereocenters. The predicted octanol–water partition coefficient (Wildman–Crippen LogP) is 13.0. The van der Waals surface area contributed by atoms with Gasteiger partial charge in [0.05, 0.1) is 6.26 Å². The average Bonchev–Trinajstić information content (AvgIpc) is 3.12. The van der Waals surface area contributed by atoms with Gasteiger partial charge < -0.3 is 9.47 Å². The van der Waals surface area contributed by atoms with E-state index in [9.17, 15) is 0 Å². The first kappa shape index (κ1) is 37.1. The van der Waals surface area contributed by atoms with E-state index in [2.05, 4.69) is 94.8 Å². The number of hydrogen-bond donors (Lipinski definition) is 0. The Morgan fingerprint density at radius 3 is 1.77 bits per heavy atom. The van der Waals surface area contributed by atoms with Crippen LogP contribution >= 0.6 is 0 Å². The van der Waals surface area contributed by atoms with Crippen molar-refractivity contribution < 1.29 is 9.47 Å². The van der Waals surface area contributed by atoms with Crippen molar-refractivity contribution in [2.75, 3.05) is 0 Å². The summed E-state index contributed by atoms with van der Waals surface area (Å²) in [6.45, 7) is 27.1. The average molecular weight is 635 g/mol. The summed E-state index contributed by atoms with van der Waals surface area (Å²) in [5.41, 5.74) is 11.0. The molecule has 48 heavy (non-hydrogen) atoms. The molecule has 0 aliphatic heterocycles. The third-order valence-corrected chi connectivity index (χ3v) is 7.75. The first-order chi connectivity index (χ1) is 23.2. The molecule has 0 bridgehead atoms. The number of hydrogen-bond acceptors (Lipinski definition) is 2. The lowest BCUT2D eigenvalue weighted by Gasteiger charge is -2.11. The lowest BCUT2D eigenvalue weighted by molar-refractivity contribution is 0.437. The zero-order valence-electron chi connectivity index (χ0n) is 29.4. The molecule has 0 radical (unpaired) electrons. The predicted molar refractivity (Wildman–Crippen MR) is 209 cm³/mol.